The van der Waals surface area contributed by atoms with E-state index in [0.717, 1.165) is 6.07 Å². The van der Waals surface area contributed by atoms with Crippen LogP contribution in [0.5, 0.6) is 0 Å². The predicted octanol–water partition coefficient (Wildman–Crippen LogP) is 2.69. The van der Waals surface area contributed by atoms with Crippen LogP contribution in [0.3, 0.4) is 0 Å². The summed E-state index contributed by atoms with van der Waals surface area (Å²) >= 11 is 0. The van der Waals surface area contributed by atoms with Crippen molar-refractivity contribution in [1.82, 2.24) is 4.98 Å². The van der Waals surface area contributed by atoms with E-state index in [4.69, 9.17) is 0 Å². The number of hydrogen-bond donors (Lipinski definition) is 1. The fourth-order valence-electron chi connectivity index (χ4n) is 1.63. The number of rotatable bonds is 3. The number of nitrogens with one attached hydrogen (secondary N) is 1. The van der Waals surface area contributed by atoms with Crippen molar-refractivity contribution in [2.75, 3.05) is 5.32 Å². The maximum absolute atomic E-state index is 12.9. The van der Waals surface area contributed by atoms with Crippen LogP contribution in [0, 0.1) is 23.0 Å². The number of anilines is 1. The van der Waals surface area contributed by atoms with Gasteiger partial charge in [-0.2, -0.15) is 4.39 Å². The molecule has 1 heterocycles. The van der Waals surface area contributed by atoms with Crippen molar-refractivity contribution in [3.63, 3.8) is 0 Å². The van der Waals surface area contributed by atoms with Gasteiger partial charge < -0.3 is 5.32 Å². The quantitative estimate of drug-likeness (QED) is 0.530. The van der Waals surface area contributed by atoms with Gasteiger partial charge in [-0.1, -0.05) is 12.1 Å². The summed E-state index contributed by atoms with van der Waals surface area (Å²) in [7, 11) is 0. The Balaban J connectivity index is 2.29. The third-order valence-electron chi connectivity index (χ3n) is 2.63. The first kappa shape index (κ1) is 13.6. The van der Waals surface area contributed by atoms with Crippen molar-refractivity contribution < 1.29 is 14.1 Å². The van der Waals surface area contributed by atoms with Gasteiger partial charge in [-0.25, -0.2) is 4.98 Å². The second kappa shape index (κ2) is 5.43. The number of non-ortho nitro benzene ring substituents is 1. The van der Waals surface area contributed by atoms with Gasteiger partial charge in [-0.3, -0.25) is 14.9 Å². The highest BCUT2D eigenvalue weighted by Gasteiger charge is 2.15. The molecule has 1 aromatic carbocycles. The molecule has 0 fully saturated rings. The van der Waals surface area contributed by atoms with Crippen molar-refractivity contribution in [2.45, 2.75) is 6.92 Å². The molecular weight excluding hydrogens is 265 g/mol. The Labute approximate surface area is 113 Å². The molecule has 2 rings (SSSR count). The Bertz CT molecular complexity index is 688. The molecule has 1 N–H and O–H groups in total. The fraction of sp³-hybridized carbons (Fsp3) is 0.0769. The molecule has 0 bridgehead atoms. The van der Waals surface area contributed by atoms with Gasteiger partial charge >= 0.3 is 0 Å². The van der Waals surface area contributed by atoms with E-state index in [9.17, 15) is 19.3 Å². The molecule has 0 aliphatic carbocycles. The number of carbonyl (C=O) groups excluding carboxylic acids is 1. The second-order valence-electron chi connectivity index (χ2n) is 4.06. The van der Waals surface area contributed by atoms with Crippen LogP contribution in [-0.4, -0.2) is 15.8 Å². The van der Waals surface area contributed by atoms with Crippen LogP contribution >= 0.6 is 0 Å². The molecule has 7 heteroatoms. The third-order valence-corrected chi connectivity index (χ3v) is 2.63. The summed E-state index contributed by atoms with van der Waals surface area (Å²) in [6, 6.07) is 7.93. The summed E-state index contributed by atoms with van der Waals surface area (Å²) in [5.74, 6) is -1.26. The lowest BCUT2D eigenvalue weighted by molar-refractivity contribution is -0.384. The van der Waals surface area contributed by atoms with E-state index in [2.05, 4.69) is 10.3 Å². The van der Waals surface area contributed by atoms with E-state index in [1.165, 1.54) is 30.3 Å². The normalized spacial score (nSPS) is 10.1. The minimum Gasteiger partial charge on any atom is -0.306 e. The zero-order valence-electron chi connectivity index (χ0n) is 10.5. The number of pyridine rings is 1. The average Bonchev–Trinajstić information content (AvgIpc) is 2.38. The number of nitrogens with zero attached hydrogens (tertiary/aromatic N) is 2. The monoisotopic (exact) mass is 275 g/mol. The maximum atomic E-state index is 12.9. The van der Waals surface area contributed by atoms with Crippen LogP contribution in [0.4, 0.5) is 15.9 Å². The number of nitro benzene ring substituents is 1. The van der Waals surface area contributed by atoms with Gasteiger partial charge in [0.15, 0.2) is 0 Å². The SMILES string of the molecule is Cc1ccc([N+](=O)[O-])cc1C(=O)Nc1cccc(F)n1. The lowest BCUT2D eigenvalue weighted by atomic mass is 10.1. The largest absolute Gasteiger partial charge is 0.306 e. The first-order valence-electron chi connectivity index (χ1n) is 5.66. The van der Waals surface area contributed by atoms with E-state index in [-0.39, 0.29) is 17.1 Å². The molecule has 20 heavy (non-hydrogen) atoms. The summed E-state index contributed by atoms with van der Waals surface area (Å²) in [6.07, 6.45) is 0. The van der Waals surface area contributed by atoms with Crippen molar-refractivity contribution in [2.24, 2.45) is 0 Å². The first-order chi connectivity index (χ1) is 9.47. The highest BCUT2D eigenvalue weighted by molar-refractivity contribution is 6.05. The van der Waals surface area contributed by atoms with E-state index in [0.29, 0.717) is 5.56 Å². The average molecular weight is 275 g/mol. The molecule has 0 unspecified atom stereocenters. The van der Waals surface area contributed by atoms with Crippen molar-refractivity contribution in [3.05, 3.63) is 63.6 Å². The number of nitro groups is 1. The van der Waals surface area contributed by atoms with Crippen molar-refractivity contribution >= 4 is 17.4 Å². The molecule has 0 radical (unpaired) electrons. The van der Waals surface area contributed by atoms with Gasteiger partial charge in [0, 0.05) is 17.7 Å². The van der Waals surface area contributed by atoms with E-state index >= 15 is 0 Å². The summed E-state index contributed by atoms with van der Waals surface area (Å²) in [5.41, 5.74) is 0.530. The zero-order valence-corrected chi connectivity index (χ0v) is 10.5. The predicted molar refractivity (Wildman–Crippen MR) is 70.0 cm³/mol. The number of carbonyl (C=O) groups is 1. The maximum Gasteiger partial charge on any atom is 0.270 e. The van der Waals surface area contributed by atoms with Gasteiger partial charge in [0.1, 0.15) is 5.82 Å². The van der Waals surface area contributed by atoms with Gasteiger partial charge in [-0.15, -0.1) is 0 Å². The molecule has 0 spiro atoms. The van der Waals surface area contributed by atoms with Crippen LogP contribution in [0.25, 0.3) is 0 Å². The first-order valence-corrected chi connectivity index (χ1v) is 5.66. The summed E-state index contributed by atoms with van der Waals surface area (Å²) in [4.78, 5) is 25.6. The topological polar surface area (TPSA) is 85.1 Å². The molecule has 6 nitrogen and oxygen atoms in total. The minimum atomic E-state index is -0.724. The Hall–Kier alpha value is -2.83. The van der Waals surface area contributed by atoms with E-state index < -0.39 is 16.8 Å². The smallest absolute Gasteiger partial charge is 0.270 e. The number of benzene rings is 1. The molecule has 102 valence electrons. The summed E-state index contributed by atoms with van der Waals surface area (Å²) < 4.78 is 12.9. The number of aryl methyl sites for hydroxylation is 1. The number of hydrogen-bond acceptors (Lipinski definition) is 4. The van der Waals surface area contributed by atoms with Crippen molar-refractivity contribution in [1.29, 1.82) is 0 Å². The molecule has 0 saturated carbocycles. The van der Waals surface area contributed by atoms with Crippen LogP contribution < -0.4 is 5.32 Å². The fourth-order valence-corrected chi connectivity index (χ4v) is 1.63. The standard InChI is InChI=1S/C13H10FN3O3/c1-8-5-6-9(17(19)20)7-10(8)13(18)16-12-4-2-3-11(14)15-12/h2-7H,1H3,(H,15,16,18). The van der Waals surface area contributed by atoms with E-state index in [1.807, 2.05) is 0 Å². The minimum absolute atomic E-state index is 0.0425. The number of aromatic nitrogens is 1. The summed E-state index contributed by atoms with van der Waals surface area (Å²) in [6.45, 7) is 1.65. The Kier molecular flexibility index (Phi) is 3.69. The zero-order chi connectivity index (χ0) is 14.7. The Morgan fingerprint density at radius 2 is 2.10 bits per heavy atom. The molecule has 0 aliphatic rings. The van der Waals surface area contributed by atoms with Gasteiger partial charge in [0.25, 0.3) is 11.6 Å². The highest BCUT2D eigenvalue weighted by atomic mass is 19.1. The molecular formula is C13H10FN3O3. The lowest BCUT2D eigenvalue weighted by Gasteiger charge is -2.06. The Morgan fingerprint density at radius 3 is 2.75 bits per heavy atom. The molecule has 0 atom stereocenters. The second-order valence-corrected chi connectivity index (χ2v) is 4.06. The molecule has 0 aliphatic heterocycles. The van der Waals surface area contributed by atoms with Gasteiger partial charge in [0.05, 0.1) is 4.92 Å². The molecule has 2 aromatic rings. The lowest BCUT2D eigenvalue weighted by Crippen LogP contribution is -2.14. The van der Waals surface area contributed by atoms with Crippen molar-refractivity contribution in [3.8, 4) is 0 Å². The molecule has 1 amide bonds. The highest BCUT2D eigenvalue weighted by Crippen LogP contribution is 2.18. The number of halogens is 1. The van der Waals surface area contributed by atoms with Crippen LogP contribution in [-0.2, 0) is 0 Å². The van der Waals surface area contributed by atoms with Crippen LogP contribution in [0.1, 0.15) is 15.9 Å². The van der Waals surface area contributed by atoms with Crippen LogP contribution in [0.2, 0.25) is 0 Å². The van der Waals surface area contributed by atoms with Gasteiger partial charge in [-0.05, 0) is 24.6 Å². The molecule has 1 aromatic heterocycles. The third kappa shape index (κ3) is 2.94. The number of amides is 1. The molecule has 0 saturated heterocycles. The van der Waals surface area contributed by atoms with Crippen LogP contribution in [0.15, 0.2) is 36.4 Å². The van der Waals surface area contributed by atoms with Gasteiger partial charge in [0.2, 0.25) is 5.95 Å². The van der Waals surface area contributed by atoms with E-state index in [1.54, 1.807) is 6.92 Å². The summed E-state index contributed by atoms with van der Waals surface area (Å²) in [5, 5.41) is 13.1. The Morgan fingerprint density at radius 1 is 1.35 bits per heavy atom.